The highest BCUT2D eigenvalue weighted by molar-refractivity contribution is 6.00. The van der Waals surface area contributed by atoms with E-state index in [1.54, 1.807) is 7.11 Å². The Morgan fingerprint density at radius 2 is 1.97 bits per heavy atom. The van der Waals surface area contributed by atoms with Gasteiger partial charge in [-0.05, 0) is 51.1 Å². The van der Waals surface area contributed by atoms with Gasteiger partial charge in [-0.3, -0.25) is 9.59 Å². The number of ether oxygens (including phenoxy) is 2. The second-order valence-corrected chi connectivity index (χ2v) is 9.48. The molecular weight excluding hydrogens is 404 g/mol. The number of nitrogens with zero attached hydrogens (tertiary/aromatic N) is 1. The number of methoxy groups -OCH3 is 1. The van der Waals surface area contributed by atoms with Gasteiger partial charge in [0.25, 0.3) is 0 Å². The largest absolute Gasteiger partial charge is 0.496 e. The molecule has 0 saturated heterocycles. The van der Waals surface area contributed by atoms with Gasteiger partial charge in [0.05, 0.1) is 25.1 Å². The molecule has 1 heterocycles. The Hall–Kier alpha value is -2.86. The third-order valence-electron chi connectivity index (χ3n) is 7.53. The normalized spacial score (nSPS) is 28.6. The molecule has 6 heteroatoms. The number of amides is 1. The molecule has 2 aliphatic carbocycles. The molecule has 2 aromatic rings. The van der Waals surface area contributed by atoms with E-state index in [1.807, 2.05) is 62.6 Å². The van der Waals surface area contributed by atoms with Gasteiger partial charge in [0.1, 0.15) is 17.1 Å². The highest BCUT2D eigenvalue weighted by Crippen LogP contribution is 2.65. The molecule has 1 aliphatic heterocycles. The summed E-state index contributed by atoms with van der Waals surface area (Å²) in [5, 5.41) is 3.18. The number of carbonyl (C=O) groups excluding carboxylic acids is 2. The van der Waals surface area contributed by atoms with Crippen molar-refractivity contribution in [3.63, 3.8) is 0 Å². The van der Waals surface area contributed by atoms with E-state index in [2.05, 4.69) is 10.2 Å². The fourth-order valence-corrected chi connectivity index (χ4v) is 5.95. The third kappa shape index (κ3) is 3.37. The molecule has 32 heavy (non-hydrogen) atoms. The van der Waals surface area contributed by atoms with Crippen LogP contribution in [0, 0.1) is 17.8 Å². The van der Waals surface area contributed by atoms with Gasteiger partial charge in [0.15, 0.2) is 5.78 Å². The highest BCUT2D eigenvalue weighted by Gasteiger charge is 2.70. The lowest BCUT2D eigenvalue weighted by Gasteiger charge is -2.37. The van der Waals surface area contributed by atoms with E-state index >= 15 is 0 Å². The van der Waals surface area contributed by atoms with Crippen molar-refractivity contribution in [3.05, 3.63) is 59.7 Å². The molecule has 6 nitrogen and oxygen atoms in total. The van der Waals surface area contributed by atoms with Crippen molar-refractivity contribution in [1.29, 1.82) is 0 Å². The van der Waals surface area contributed by atoms with Crippen molar-refractivity contribution < 1.29 is 19.1 Å². The molecular formula is C26H30N2O4. The first-order valence-corrected chi connectivity index (χ1v) is 11.3. The maximum Gasteiger partial charge on any atom is 0.223 e. The number of ketones is 1. The zero-order valence-corrected chi connectivity index (χ0v) is 18.8. The molecule has 1 spiro atoms. The summed E-state index contributed by atoms with van der Waals surface area (Å²) in [6.45, 7) is 0.498. The van der Waals surface area contributed by atoms with Gasteiger partial charge >= 0.3 is 0 Å². The maximum absolute atomic E-state index is 13.2. The Balaban J connectivity index is 1.28. The number of fused-ring (bicyclic) bond motifs is 3. The molecule has 0 radical (unpaired) electrons. The molecule has 1 amide bonds. The molecule has 5 atom stereocenters. The van der Waals surface area contributed by atoms with Crippen molar-refractivity contribution in [1.82, 2.24) is 10.2 Å². The van der Waals surface area contributed by atoms with Gasteiger partial charge in [-0.25, -0.2) is 0 Å². The second kappa shape index (κ2) is 7.93. The quantitative estimate of drug-likeness (QED) is 0.754. The van der Waals surface area contributed by atoms with Gasteiger partial charge in [-0.15, -0.1) is 0 Å². The van der Waals surface area contributed by atoms with Crippen molar-refractivity contribution in [2.45, 2.75) is 30.9 Å². The summed E-state index contributed by atoms with van der Waals surface area (Å²) in [4.78, 5) is 28.1. The van der Waals surface area contributed by atoms with E-state index in [4.69, 9.17) is 9.47 Å². The van der Waals surface area contributed by atoms with Crippen LogP contribution < -0.4 is 14.8 Å². The van der Waals surface area contributed by atoms with Crippen LogP contribution in [0.4, 0.5) is 0 Å². The lowest BCUT2D eigenvalue weighted by molar-refractivity contribution is -0.124. The summed E-state index contributed by atoms with van der Waals surface area (Å²) in [5.74, 6) is 2.01. The molecule has 2 aromatic carbocycles. The van der Waals surface area contributed by atoms with Gasteiger partial charge in [-0.1, -0.05) is 30.3 Å². The van der Waals surface area contributed by atoms with Crippen LogP contribution in [0.15, 0.2) is 48.5 Å². The van der Waals surface area contributed by atoms with Crippen molar-refractivity contribution in [3.8, 4) is 11.5 Å². The SMILES string of the molecule is COc1ccccc1C(CNC(=O)C1C2CCC3(CC(=O)c4ccccc4O3)C21)N(C)C. The zero-order valence-electron chi connectivity index (χ0n) is 18.8. The van der Waals surface area contributed by atoms with Gasteiger partial charge < -0.3 is 19.7 Å². The average molecular weight is 435 g/mol. The van der Waals surface area contributed by atoms with Crippen LogP contribution in [0.25, 0.3) is 0 Å². The van der Waals surface area contributed by atoms with Crippen LogP contribution in [0.3, 0.4) is 0 Å². The Morgan fingerprint density at radius 1 is 1.22 bits per heavy atom. The van der Waals surface area contributed by atoms with Crippen LogP contribution in [0.5, 0.6) is 11.5 Å². The Morgan fingerprint density at radius 3 is 2.75 bits per heavy atom. The number of hydrogen-bond donors (Lipinski definition) is 1. The summed E-state index contributed by atoms with van der Waals surface area (Å²) in [6.07, 6.45) is 2.14. The van der Waals surface area contributed by atoms with E-state index < -0.39 is 5.60 Å². The Bertz CT molecular complexity index is 1050. The molecule has 2 fully saturated rings. The van der Waals surface area contributed by atoms with Gasteiger partial charge in [0, 0.05) is 23.9 Å². The minimum absolute atomic E-state index is 0.00189. The van der Waals surface area contributed by atoms with E-state index in [0.717, 1.165) is 24.2 Å². The van der Waals surface area contributed by atoms with Crippen molar-refractivity contribution >= 4 is 11.7 Å². The predicted octanol–water partition coefficient (Wildman–Crippen LogP) is 3.47. The molecule has 5 rings (SSSR count). The first-order chi connectivity index (χ1) is 15.4. The minimum atomic E-state index is -0.526. The number of nitrogens with one attached hydrogen (secondary N) is 1. The zero-order chi connectivity index (χ0) is 22.5. The molecule has 0 bridgehead atoms. The van der Waals surface area contributed by atoms with Crippen LogP contribution >= 0.6 is 0 Å². The summed E-state index contributed by atoms with van der Waals surface area (Å²) in [6, 6.07) is 15.4. The number of likely N-dealkylation sites (N-methyl/N-ethyl adjacent to an activating group) is 1. The first kappa shape index (κ1) is 21.0. The third-order valence-corrected chi connectivity index (χ3v) is 7.53. The van der Waals surface area contributed by atoms with E-state index in [-0.39, 0.29) is 29.6 Å². The number of hydrogen-bond acceptors (Lipinski definition) is 5. The number of carbonyl (C=O) groups is 2. The maximum atomic E-state index is 13.2. The van der Waals surface area contributed by atoms with Crippen LogP contribution in [-0.4, -0.2) is 49.9 Å². The lowest BCUT2D eigenvalue weighted by Crippen LogP contribution is -2.45. The van der Waals surface area contributed by atoms with Crippen molar-refractivity contribution in [2.24, 2.45) is 17.8 Å². The van der Waals surface area contributed by atoms with Gasteiger partial charge in [0.2, 0.25) is 5.91 Å². The first-order valence-electron chi connectivity index (χ1n) is 11.3. The molecule has 168 valence electrons. The fourth-order valence-electron chi connectivity index (χ4n) is 5.95. The summed E-state index contributed by atoms with van der Waals surface area (Å²) in [5.41, 5.74) is 1.18. The fraction of sp³-hybridized carbons (Fsp3) is 0.462. The molecule has 3 aliphatic rings. The minimum Gasteiger partial charge on any atom is -0.496 e. The van der Waals surface area contributed by atoms with Crippen LogP contribution in [0.2, 0.25) is 0 Å². The predicted molar refractivity (Wildman–Crippen MR) is 121 cm³/mol. The Labute approximate surface area is 188 Å². The van der Waals surface area contributed by atoms with E-state index in [9.17, 15) is 9.59 Å². The smallest absolute Gasteiger partial charge is 0.223 e. The molecule has 2 saturated carbocycles. The number of rotatable bonds is 6. The topological polar surface area (TPSA) is 67.9 Å². The van der Waals surface area contributed by atoms with Gasteiger partial charge in [-0.2, -0.15) is 0 Å². The standard InChI is InChI=1S/C26H30N2O4/c1-28(2)19(16-8-4-6-10-21(16)31-3)15-27-25(30)23-18-12-13-26(24(18)23)14-20(29)17-9-5-7-11-22(17)32-26/h4-11,18-19,23-24H,12-15H2,1-3H3,(H,27,30). The number of para-hydroxylation sites is 2. The van der Waals surface area contributed by atoms with E-state index in [0.29, 0.717) is 30.2 Å². The van der Waals surface area contributed by atoms with Crippen LogP contribution in [-0.2, 0) is 4.79 Å². The number of benzene rings is 2. The Kier molecular flexibility index (Phi) is 5.20. The number of Topliss-reactive ketones (excluding diaryl/α,β-unsaturated/α-hetero) is 1. The second-order valence-electron chi connectivity index (χ2n) is 9.48. The lowest BCUT2D eigenvalue weighted by atomic mass is 9.84. The van der Waals surface area contributed by atoms with E-state index in [1.165, 1.54) is 0 Å². The summed E-state index contributed by atoms with van der Waals surface area (Å²) >= 11 is 0. The summed E-state index contributed by atoms with van der Waals surface area (Å²) in [7, 11) is 5.67. The monoisotopic (exact) mass is 434 g/mol. The molecule has 1 N–H and O–H groups in total. The molecule has 0 aromatic heterocycles. The van der Waals surface area contributed by atoms with Crippen molar-refractivity contribution in [2.75, 3.05) is 27.7 Å². The summed E-state index contributed by atoms with van der Waals surface area (Å²) < 4.78 is 12.0. The van der Waals surface area contributed by atoms with Crippen LogP contribution in [0.1, 0.15) is 41.2 Å². The molecule has 5 unspecified atom stereocenters. The highest BCUT2D eigenvalue weighted by atomic mass is 16.5. The average Bonchev–Trinajstić information content (AvgIpc) is 3.44.